The number of morpholine rings is 1. The van der Waals surface area contributed by atoms with Crippen molar-refractivity contribution >= 4 is 26.0 Å². The topological polar surface area (TPSA) is 58.6 Å². The van der Waals surface area contributed by atoms with Crippen LogP contribution in [-0.4, -0.2) is 52.2 Å². The first-order valence-corrected chi connectivity index (χ1v) is 9.59. The Morgan fingerprint density at radius 2 is 1.90 bits per heavy atom. The van der Waals surface area contributed by atoms with E-state index in [9.17, 15) is 8.42 Å². The molecule has 1 fully saturated rings. The summed E-state index contributed by atoms with van der Waals surface area (Å²) < 4.78 is 32.7. The normalized spacial score (nSPS) is 18.6. The molecule has 1 saturated heterocycles. The van der Waals surface area contributed by atoms with Crippen LogP contribution in [0.15, 0.2) is 29.2 Å². The molecule has 7 heteroatoms. The summed E-state index contributed by atoms with van der Waals surface area (Å²) >= 11 is 3.35. The molecule has 1 aromatic carbocycles. The van der Waals surface area contributed by atoms with Crippen molar-refractivity contribution in [2.24, 2.45) is 0 Å². The molecule has 5 nitrogen and oxygen atoms in total. The minimum absolute atomic E-state index is 0.135. The summed E-state index contributed by atoms with van der Waals surface area (Å²) in [5.74, 6) is 0. The number of sulfonamides is 1. The highest BCUT2D eigenvalue weighted by Gasteiger charge is 2.20. The maximum Gasteiger partial charge on any atom is 0.240 e. The van der Waals surface area contributed by atoms with Gasteiger partial charge in [-0.05, 0) is 24.6 Å². The summed E-state index contributed by atoms with van der Waals surface area (Å²) in [5, 5.41) is 0.716. The number of nitrogens with one attached hydrogen (secondary N) is 1. The number of halogens is 1. The van der Waals surface area contributed by atoms with Crippen LogP contribution >= 0.6 is 15.9 Å². The standard InChI is InChI=1S/C14H21BrN2O3S/c1-12(11-17-6-8-20-9-7-17)16-21(18,19)14-4-2-13(10-15)3-5-14/h2-5,12,16H,6-11H2,1H3. The molecular formula is C14H21BrN2O3S. The van der Waals surface area contributed by atoms with Crippen LogP contribution in [0.3, 0.4) is 0 Å². The predicted molar refractivity (Wildman–Crippen MR) is 86.1 cm³/mol. The number of rotatable bonds is 6. The van der Waals surface area contributed by atoms with Gasteiger partial charge in [0.15, 0.2) is 0 Å². The first-order valence-electron chi connectivity index (χ1n) is 6.98. The third-order valence-corrected chi connectivity index (χ3v) is 5.63. The number of alkyl halides is 1. The van der Waals surface area contributed by atoms with Crippen LogP contribution in [0, 0.1) is 0 Å². The van der Waals surface area contributed by atoms with E-state index in [1.54, 1.807) is 12.1 Å². The Hall–Kier alpha value is -0.470. The van der Waals surface area contributed by atoms with Gasteiger partial charge >= 0.3 is 0 Å². The van der Waals surface area contributed by atoms with Crippen molar-refractivity contribution in [1.82, 2.24) is 9.62 Å². The lowest BCUT2D eigenvalue weighted by atomic mass is 10.2. The maximum absolute atomic E-state index is 12.3. The van der Waals surface area contributed by atoms with E-state index >= 15 is 0 Å². The fourth-order valence-electron chi connectivity index (χ4n) is 2.30. The molecule has 21 heavy (non-hydrogen) atoms. The lowest BCUT2D eigenvalue weighted by molar-refractivity contribution is 0.0354. The molecule has 0 radical (unpaired) electrons. The molecule has 0 aliphatic carbocycles. The first-order chi connectivity index (χ1) is 10.0. The molecule has 1 aliphatic heterocycles. The van der Waals surface area contributed by atoms with Crippen molar-refractivity contribution in [3.05, 3.63) is 29.8 Å². The molecule has 0 bridgehead atoms. The smallest absolute Gasteiger partial charge is 0.240 e. The third-order valence-electron chi connectivity index (χ3n) is 3.38. The summed E-state index contributed by atoms with van der Waals surface area (Å²) in [6, 6.07) is 6.77. The van der Waals surface area contributed by atoms with Crippen molar-refractivity contribution in [3.8, 4) is 0 Å². The first kappa shape index (κ1) is 16.9. The van der Waals surface area contributed by atoms with Gasteiger partial charge in [0.2, 0.25) is 10.0 Å². The van der Waals surface area contributed by atoms with Gasteiger partial charge in [0, 0.05) is 31.0 Å². The Morgan fingerprint density at radius 3 is 2.48 bits per heavy atom. The fraction of sp³-hybridized carbons (Fsp3) is 0.571. The van der Waals surface area contributed by atoms with Crippen molar-refractivity contribution in [2.75, 3.05) is 32.8 Å². The summed E-state index contributed by atoms with van der Waals surface area (Å²) in [4.78, 5) is 2.52. The number of ether oxygens (including phenoxy) is 1. The van der Waals surface area contributed by atoms with Crippen LogP contribution in [0.1, 0.15) is 12.5 Å². The van der Waals surface area contributed by atoms with E-state index in [0.29, 0.717) is 30.0 Å². The van der Waals surface area contributed by atoms with Crippen molar-refractivity contribution < 1.29 is 13.2 Å². The zero-order valence-electron chi connectivity index (χ0n) is 12.1. The minimum atomic E-state index is -3.46. The molecular weight excluding hydrogens is 356 g/mol. The lowest BCUT2D eigenvalue weighted by Crippen LogP contribution is -2.45. The van der Waals surface area contributed by atoms with Crippen LogP contribution in [0.25, 0.3) is 0 Å². The Balaban J connectivity index is 1.95. The van der Waals surface area contributed by atoms with Crippen molar-refractivity contribution in [1.29, 1.82) is 0 Å². The monoisotopic (exact) mass is 376 g/mol. The van der Waals surface area contributed by atoms with E-state index < -0.39 is 10.0 Å². The van der Waals surface area contributed by atoms with Crippen LogP contribution < -0.4 is 4.72 Å². The Labute approximate surface area is 134 Å². The number of hydrogen-bond donors (Lipinski definition) is 1. The molecule has 0 spiro atoms. The van der Waals surface area contributed by atoms with E-state index in [1.807, 2.05) is 19.1 Å². The van der Waals surface area contributed by atoms with E-state index in [4.69, 9.17) is 4.74 Å². The number of hydrogen-bond acceptors (Lipinski definition) is 4. The SMILES string of the molecule is CC(CN1CCOCC1)NS(=O)(=O)c1ccc(CBr)cc1. The lowest BCUT2D eigenvalue weighted by Gasteiger charge is -2.29. The molecule has 118 valence electrons. The van der Waals surface area contributed by atoms with Gasteiger partial charge in [0.1, 0.15) is 0 Å². The second-order valence-corrected chi connectivity index (χ2v) is 7.49. The third kappa shape index (κ3) is 5.03. The highest BCUT2D eigenvalue weighted by molar-refractivity contribution is 9.08. The number of nitrogens with zero attached hydrogens (tertiary/aromatic N) is 1. The largest absolute Gasteiger partial charge is 0.379 e. The van der Waals surface area contributed by atoms with Crippen LogP contribution in [0.2, 0.25) is 0 Å². The quantitative estimate of drug-likeness (QED) is 0.765. The van der Waals surface area contributed by atoms with Gasteiger partial charge in [0.05, 0.1) is 18.1 Å². The van der Waals surface area contributed by atoms with Crippen molar-refractivity contribution in [3.63, 3.8) is 0 Å². The average molecular weight is 377 g/mol. The Kier molecular flexibility index (Phi) is 6.19. The van der Waals surface area contributed by atoms with Gasteiger partial charge < -0.3 is 4.74 Å². The van der Waals surface area contributed by atoms with Gasteiger partial charge in [0.25, 0.3) is 0 Å². The van der Waals surface area contributed by atoms with E-state index in [0.717, 1.165) is 18.7 Å². The molecule has 0 saturated carbocycles. The second-order valence-electron chi connectivity index (χ2n) is 5.21. The molecule has 1 heterocycles. The Morgan fingerprint density at radius 1 is 1.29 bits per heavy atom. The summed E-state index contributed by atoms with van der Waals surface area (Å²) in [7, 11) is -3.46. The van der Waals surface area contributed by atoms with Crippen molar-refractivity contribution in [2.45, 2.75) is 23.2 Å². The van der Waals surface area contributed by atoms with Gasteiger partial charge in [-0.2, -0.15) is 0 Å². The molecule has 2 rings (SSSR count). The highest BCUT2D eigenvalue weighted by atomic mass is 79.9. The maximum atomic E-state index is 12.3. The predicted octanol–water partition coefficient (Wildman–Crippen LogP) is 1.58. The second kappa shape index (κ2) is 7.69. The zero-order valence-corrected chi connectivity index (χ0v) is 14.5. The molecule has 0 amide bonds. The fourth-order valence-corrected chi connectivity index (χ4v) is 3.91. The minimum Gasteiger partial charge on any atom is -0.379 e. The van der Waals surface area contributed by atoms with E-state index in [-0.39, 0.29) is 6.04 Å². The van der Waals surface area contributed by atoms with Crippen LogP contribution in [0.5, 0.6) is 0 Å². The molecule has 0 aromatic heterocycles. The van der Waals surface area contributed by atoms with E-state index in [2.05, 4.69) is 25.6 Å². The van der Waals surface area contributed by atoms with Gasteiger partial charge in [-0.15, -0.1) is 0 Å². The molecule has 1 N–H and O–H groups in total. The van der Waals surface area contributed by atoms with Crippen LogP contribution in [-0.2, 0) is 20.1 Å². The molecule has 1 atom stereocenters. The summed E-state index contributed by atoms with van der Waals surface area (Å²) in [6.07, 6.45) is 0. The number of benzene rings is 1. The molecule has 1 aromatic rings. The zero-order chi connectivity index (χ0) is 15.3. The van der Waals surface area contributed by atoms with Crippen LogP contribution in [0.4, 0.5) is 0 Å². The molecule has 1 aliphatic rings. The Bertz CT molecular complexity index is 542. The van der Waals surface area contributed by atoms with E-state index in [1.165, 1.54) is 0 Å². The average Bonchev–Trinajstić information content (AvgIpc) is 2.47. The van der Waals surface area contributed by atoms with Gasteiger partial charge in [-0.3, -0.25) is 4.90 Å². The highest BCUT2D eigenvalue weighted by Crippen LogP contribution is 2.13. The van der Waals surface area contributed by atoms with Gasteiger partial charge in [-0.25, -0.2) is 13.1 Å². The summed E-state index contributed by atoms with van der Waals surface area (Å²) in [6.45, 7) is 5.72. The molecule has 1 unspecified atom stereocenters. The van der Waals surface area contributed by atoms with Gasteiger partial charge in [-0.1, -0.05) is 28.1 Å². The summed E-state index contributed by atoms with van der Waals surface area (Å²) in [5.41, 5.74) is 1.05.